The van der Waals surface area contributed by atoms with Gasteiger partial charge < -0.3 is 9.64 Å². The number of cyclic esters (lactones) is 1. The maximum Gasteiger partial charge on any atom is 0.377 e. The second-order valence-corrected chi connectivity index (χ2v) is 5.84. The molecule has 108 valence electrons. The third-order valence-corrected chi connectivity index (χ3v) is 3.86. The fraction of sp³-hybridized carbons (Fsp3) is 0.333. The van der Waals surface area contributed by atoms with Gasteiger partial charge in [0.1, 0.15) is 11.5 Å². The molecule has 20 heavy (non-hydrogen) atoms. The summed E-state index contributed by atoms with van der Waals surface area (Å²) < 4.78 is 33.1. The Kier molecular flexibility index (Phi) is 3.93. The van der Waals surface area contributed by atoms with E-state index in [1.165, 1.54) is 17.0 Å². The lowest BCUT2D eigenvalue weighted by Crippen LogP contribution is -2.42. The molecule has 0 aliphatic carbocycles. The molecule has 0 saturated carbocycles. The van der Waals surface area contributed by atoms with Crippen LogP contribution in [-0.4, -0.2) is 45.3 Å². The van der Waals surface area contributed by atoms with E-state index in [1.54, 1.807) is 19.2 Å². The summed E-state index contributed by atoms with van der Waals surface area (Å²) in [6.45, 7) is 2.50. The van der Waals surface area contributed by atoms with Crippen LogP contribution in [0.25, 0.3) is 0 Å². The number of carbonyl (C=O) groups is 1. The molecule has 1 aromatic rings. The highest BCUT2D eigenvalue weighted by Gasteiger charge is 2.26. The van der Waals surface area contributed by atoms with Gasteiger partial charge in [0.2, 0.25) is 0 Å². The molecule has 7 nitrogen and oxygen atoms in total. The molecule has 1 heterocycles. The number of hydrogen-bond donors (Lipinski definition) is 0. The van der Waals surface area contributed by atoms with Crippen molar-refractivity contribution in [1.82, 2.24) is 4.90 Å². The lowest BCUT2D eigenvalue weighted by atomic mass is 10.2. The zero-order valence-electron chi connectivity index (χ0n) is 11.1. The molecular formula is C12H14N2O5S. The second kappa shape index (κ2) is 5.49. The van der Waals surface area contributed by atoms with Crippen LogP contribution in [-0.2, 0) is 23.9 Å². The van der Waals surface area contributed by atoms with Gasteiger partial charge in [-0.2, -0.15) is 8.42 Å². The Bertz CT molecular complexity index is 636. The van der Waals surface area contributed by atoms with Gasteiger partial charge in [-0.05, 0) is 24.2 Å². The molecule has 0 aromatic heterocycles. The molecular weight excluding hydrogens is 284 g/mol. The molecule has 1 saturated heterocycles. The van der Waals surface area contributed by atoms with E-state index in [9.17, 15) is 13.2 Å². The normalized spacial score (nSPS) is 18.0. The minimum atomic E-state index is -4.05. The van der Waals surface area contributed by atoms with E-state index in [-0.39, 0.29) is 17.3 Å². The average molecular weight is 298 g/mol. The first-order valence-electron chi connectivity index (χ1n) is 5.87. The molecule has 1 aliphatic rings. The molecule has 0 N–H and O–H groups in total. The molecule has 8 heteroatoms. The summed E-state index contributed by atoms with van der Waals surface area (Å²) in [6, 6.07) is 6.11. The van der Waals surface area contributed by atoms with Crippen LogP contribution < -0.4 is 0 Å². The van der Waals surface area contributed by atoms with Crippen molar-refractivity contribution in [3.63, 3.8) is 0 Å². The number of nitrogens with zero attached hydrogens (tertiary/aromatic N) is 2. The van der Waals surface area contributed by atoms with Crippen molar-refractivity contribution in [1.29, 1.82) is 0 Å². The van der Waals surface area contributed by atoms with Crippen molar-refractivity contribution >= 4 is 21.9 Å². The maximum absolute atomic E-state index is 11.9. The number of morpholine rings is 1. The fourth-order valence-corrected chi connectivity index (χ4v) is 2.27. The first-order chi connectivity index (χ1) is 9.40. The van der Waals surface area contributed by atoms with Gasteiger partial charge in [0.15, 0.2) is 0 Å². The summed E-state index contributed by atoms with van der Waals surface area (Å²) >= 11 is 0. The van der Waals surface area contributed by atoms with Gasteiger partial charge in [-0.25, -0.2) is 4.79 Å². The van der Waals surface area contributed by atoms with Crippen molar-refractivity contribution in [2.24, 2.45) is 5.16 Å². The highest BCUT2D eigenvalue weighted by Crippen LogP contribution is 2.14. The fourth-order valence-electron chi connectivity index (χ4n) is 1.54. The number of rotatable bonds is 3. The molecule has 2 rings (SSSR count). The van der Waals surface area contributed by atoms with Crippen LogP contribution in [0.2, 0.25) is 0 Å². The van der Waals surface area contributed by atoms with Gasteiger partial charge in [0.25, 0.3) is 5.84 Å². The number of ether oxygens (including phenoxy) is 1. The quantitative estimate of drug-likeness (QED) is 0.597. The third-order valence-electron chi connectivity index (χ3n) is 2.74. The lowest BCUT2D eigenvalue weighted by molar-refractivity contribution is -0.138. The van der Waals surface area contributed by atoms with E-state index in [4.69, 9.17) is 4.74 Å². The van der Waals surface area contributed by atoms with E-state index in [0.29, 0.717) is 6.54 Å². The summed E-state index contributed by atoms with van der Waals surface area (Å²) in [5.74, 6) is -0.884. The summed E-state index contributed by atoms with van der Waals surface area (Å²) in [5.41, 5.74) is 0.922. The van der Waals surface area contributed by atoms with Crippen LogP contribution >= 0.6 is 0 Å². The SMILES string of the molecule is Cc1ccc(S(=O)(=O)ON=C2C(=O)OCCN2C)cc1. The monoisotopic (exact) mass is 298 g/mol. The van der Waals surface area contributed by atoms with Crippen molar-refractivity contribution in [2.75, 3.05) is 20.2 Å². The highest BCUT2D eigenvalue weighted by atomic mass is 32.2. The molecule has 0 spiro atoms. The Hall–Kier alpha value is -2.09. The molecule has 0 unspecified atom stereocenters. The second-order valence-electron chi connectivity index (χ2n) is 4.31. The number of oxime groups is 1. The van der Waals surface area contributed by atoms with Gasteiger partial charge in [0.05, 0.1) is 6.54 Å². The summed E-state index contributed by atoms with van der Waals surface area (Å²) in [7, 11) is -2.45. The molecule has 0 bridgehead atoms. The largest absolute Gasteiger partial charge is 0.458 e. The van der Waals surface area contributed by atoms with Gasteiger partial charge in [-0.1, -0.05) is 17.7 Å². The number of amidine groups is 1. The molecule has 1 aromatic carbocycles. The van der Waals surface area contributed by atoms with Crippen LogP contribution in [0.15, 0.2) is 34.3 Å². The van der Waals surface area contributed by atoms with Crippen LogP contribution in [0, 0.1) is 6.92 Å². The summed E-state index contributed by atoms with van der Waals surface area (Å²) in [6.07, 6.45) is 0. The van der Waals surface area contributed by atoms with Gasteiger partial charge in [-0.3, -0.25) is 4.28 Å². The molecule has 0 radical (unpaired) electrons. The van der Waals surface area contributed by atoms with Crippen LogP contribution in [0.5, 0.6) is 0 Å². The van der Waals surface area contributed by atoms with Crippen molar-refractivity contribution in [2.45, 2.75) is 11.8 Å². The number of benzene rings is 1. The minimum Gasteiger partial charge on any atom is -0.458 e. The Balaban J connectivity index is 2.20. The maximum atomic E-state index is 11.9. The molecule has 0 atom stereocenters. The third kappa shape index (κ3) is 3.08. The predicted octanol–water partition coefficient (Wildman–Crippen LogP) is 0.502. The highest BCUT2D eigenvalue weighted by molar-refractivity contribution is 7.86. The Morgan fingerprint density at radius 1 is 1.30 bits per heavy atom. The Morgan fingerprint density at radius 3 is 2.55 bits per heavy atom. The number of esters is 1. The Morgan fingerprint density at radius 2 is 1.95 bits per heavy atom. The Labute approximate surface area is 116 Å². The first kappa shape index (κ1) is 14.3. The lowest BCUT2D eigenvalue weighted by Gasteiger charge is -2.23. The predicted molar refractivity (Wildman–Crippen MR) is 70.5 cm³/mol. The van der Waals surface area contributed by atoms with Gasteiger partial charge in [0, 0.05) is 7.05 Å². The number of aryl methyl sites for hydroxylation is 1. The standard InChI is InChI=1S/C12H14N2O5S/c1-9-3-5-10(6-4-9)20(16,17)19-13-11-12(15)18-8-7-14(11)2/h3-6H,7-8H2,1-2H3. The topological polar surface area (TPSA) is 85.3 Å². The first-order valence-corrected chi connectivity index (χ1v) is 7.27. The smallest absolute Gasteiger partial charge is 0.377 e. The van der Waals surface area contributed by atoms with Gasteiger partial charge in [-0.15, -0.1) is 0 Å². The summed E-state index contributed by atoms with van der Waals surface area (Å²) in [5, 5.41) is 3.40. The van der Waals surface area contributed by atoms with Crippen LogP contribution in [0.4, 0.5) is 0 Å². The summed E-state index contributed by atoms with van der Waals surface area (Å²) in [4.78, 5) is 12.9. The molecule has 1 fully saturated rings. The number of likely N-dealkylation sites (N-methyl/N-ethyl adjacent to an activating group) is 1. The zero-order valence-corrected chi connectivity index (χ0v) is 11.9. The van der Waals surface area contributed by atoms with Crippen molar-refractivity contribution < 1.29 is 22.2 Å². The van der Waals surface area contributed by atoms with E-state index in [0.717, 1.165) is 5.56 Å². The van der Waals surface area contributed by atoms with Crippen LogP contribution in [0.1, 0.15) is 5.56 Å². The van der Waals surface area contributed by atoms with E-state index >= 15 is 0 Å². The van der Waals surface area contributed by atoms with Crippen LogP contribution in [0.3, 0.4) is 0 Å². The van der Waals surface area contributed by atoms with E-state index in [1.807, 2.05) is 6.92 Å². The van der Waals surface area contributed by atoms with E-state index < -0.39 is 16.1 Å². The molecule has 0 amide bonds. The number of carbonyl (C=O) groups excluding carboxylic acids is 1. The molecule has 1 aliphatic heterocycles. The average Bonchev–Trinajstić information content (AvgIpc) is 2.38. The van der Waals surface area contributed by atoms with E-state index in [2.05, 4.69) is 9.44 Å². The minimum absolute atomic E-state index is 0.0284. The number of hydrogen-bond acceptors (Lipinski definition) is 6. The van der Waals surface area contributed by atoms with Crippen molar-refractivity contribution in [3.8, 4) is 0 Å². The zero-order chi connectivity index (χ0) is 14.8. The van der Waals surface area contributed by atoms with Gasteiger partial charge >= 0.3 is 16.1 Å². The van der Waals surface area contributed by atoms with Crippen molar-refractivity contribution in [3.05, 3.63) is 29.8 Å².